The minimum absolute atomic E-state index is 0.0239. The largest absolute Gasteiger partial charge is 0.340 e. The van der Waals surface area contributed by atoms with E-state index in [1.165, 1.54) is 4.90 Å². The van der Waals surface area contributed by atoms with Crippen LogP contribution in [0.25, 0.3) is 0 Å². The molecule has 3 amide bonds. The van der Waals surface area contributed by atoms with Gasteiger partial charge in [0.15, 0.2) is 0 Å². The Kier molecular flexibility index (Phi) is 3.96. The summed E-state index contributed by atoms with van der Waals surface area (Å²) in [6.45, 7) is 4.46. The monoisotopic (exact) mass is 253 g/mol. The summed E-state index contributed by atoms with van der Waals surface area (Å²) in [7, 11) is 0. The number of likely N-dealkylation sites (tertiary alicyclic amines) is 1. The second-order valence-electron chi connectivity index (χ2n) is 4.88. The molecular formula is C12H19N3O3. The molecule has 2 aliphatic heterocycles. The second-order valence-corrected chi connectivity index (χ2v) is 4.88. The maximum atomic E-state index is 12.0. The average molecular weight is 253 g/mol. The van der Waals surface area contributed by atoms with E-state index in [0.29, 0.717) is 19.1 Å². The van der Waals surface area contributed by atoms with E-state index in [1.807, 2.05) is 6.92 Å². The summed E-state index contributed by atoms with van der Waals surface area (Å²) < 4.78 is 0. The fourth-order valence-corrected chi connectivity index (χ4v) is 2.40. The lowest BCUT2D eigenvalue weighted by atomic mass is 10.2. The summed E-state index contributed by atoms with van der Waals surface area (Å²) in [4.78, 5) is 37.8. The van der Waals surface area contributed by atoms with E-state index < -0.39 is 0 Å². The van der Waals surface area contributed by atoms with Crippen molar-refractivity contribution >= 4 is 17.7 Å². The molecule has 2 rings (SSSR count). The molecule has 0 spiro atoms. The highest BCUT2D eigenvalue weighted by Crippen LogP contribution is 2.12. The highest BCUT2D eigenvalue weighted by molar-refractivity contribution is 6.02. The Labute approximate surface area is 106 Å². The van der Waals surface area contributed by atoms with Crippen LogP contribution in [0.4, 0.5) is 0 Å². The summed E-state index contributed by atoms with van der Waals surface area (Å²) in [5, 5.41) is 3.27. The van der Waals surface area contributed by atoms with Crippen molar-refractivity contribution in [3.8, 4) is 0 Å². The highest BCUT2D eigenvalue weighted by atomic mass is 16.2. The number of rotatable bonds is 3. The van der Waals surface area contributed by atoms with Gasteiger partial charge in [-0.1, -0.05) is 0 Å². The van der Waals surface area contributed by atoms with Crippen molar-refractivity contribution in [2.45, 2.75) is 32.2 Å². The van der Waals surface area contributed by atoms with Crippen molar-refractivity contribution in [1.82, 2.24) is 15.1 Å². The van der Waals surface area contributed by atoms with Gasteiger partial charge >= 0.3 is 0 Å². The third-order valence-electron chi connectivity index (χ3n) is 3.43. The molecule has 6 heteroatoms. The van der Waals surface area contributed by atoms with E-state index in [1.54, 1.807) is 4.90 Å². The Morgan fingerprint density at radius 2 is 2.00 bits per heavy atom. The third-order valence-corrected chi connectivity index (χ3v) is 3.43. The Balaban J connectivity index is 1.81. The molecule has 6 nitrogen and oxygen atoms in total. The van der Waals surface area contributed by atoms with Gasteiger partial charge in [0.25, 0.3) is 0 Å². The minimum Gasteiger partial charge on any atom is -0.340 e. The number of carbonyl (C=O) groups excluding carboxylic acids is 3. The fraction of sp³-hybridized carbons (Fsp3) is 0.750. The Morgan fingerprint density at radius 3 is 2.61 bits per heavy atom. The Hall–Kier alpha value is -1.43. The van der Waals surface area contributed by atoms with Crippen molar-refractivity contribution in [2.24, 2.45) is 0 Å². The van der Waals surface area contributed by atoms with E-state index in [4.69, 9.17) is 0 Å². The molecule has 0 aromatic heterocycles. The van der Waals surface area contributed by atoms with Crippen LogP contribution in [-0.4, -0.2) is 59.7 Å². The van der Waals surface area contributed by atoms with Crippen molar-refractivity contribution in [1.29, 1.82) is 0 Å². The first-order chi connectivity index (χ1) is 8.58. The van der Waals surface area contributed by atoms with Crippen LogP contribution in [-0.2, 0) is 14.4 Å². The SMILES string of the molecule is CC1CN(C(=O)CCN2C(=O)CCC2=O)CCN1. The van der Waals surface area contributed by atoms with Crippen LogP contribution in [0.5, 0.6) is 0 Å². The van der Waals surface area contributed by atoms with Gasteiger partial charge in [-0.25, -0.2) is 0 Å². The van der Waals surface area contributed by atoms with Gasteiger partial charge in [-0.2, -0.15) is 0 Å². The molecule has 1 N–H and O–H groups in total. The standard InChI is InChI=1S/C12H19N3O3/c1-9-8-14(7-5-13-9)10(16)4-6-15-11(17)2-3-12(15)18/h9,13H,2-8H2,1H3. The zero-order chi connectivity index (χ0) is 13.1. The summed E-state index contributed by atoms with van der Waals surface area (Å²) in [6, 6.07) is 0.303. The van der Waals surface area contributed by atoms with Crippen LogP contribution in [0, 0.1) is 0 Å². The average Bonchev–Trinajstić information content (AvgIpc) is 2.66. The number of piperazine rings is 1. The van der Waals surface area contributed by atoms with E-state index in [2.05, 4.69) is 5.32 Å². The predicted molar refractivity (Wildman–Crippen MR) is 64.6 cm³/mol. The lowest BCUT2D eigenvalue weighted by Gasteiger charge is -2.32. The molecule has 0 aromatic carbocycles. The molecule has 0 aromatic rings. The first-order valence-corrected chi connectivity index (χ1v) is 6.42. The molecule has 0 radical (unpaired) electrons. The van der Waals surface area contributed by atoms with E-state index in [9.17, 15) is 14.4 Å². The van der Waals surface area contributed by atoms with Gasteiger partial charge in [0, 0.05) is 51.5 Å². The quantitative estimate of drug-likeness (QED) is 0.678. The second kappa shape index (κ2) is 5.48. The summed E-state index contributed by atoms with van der Waals surface area (Å²) in [6.07, 6.45) is 0.819. The lowest BCUT2D eigenvalue weighted by molar-refractivity contribution is -0.139. The lowest BCUT2D eigenvalue weighted by Crippen LogP contribution is -2.51. The van der Waals surface area contributed by atoms with Crippen LogP contribution in [0.3, 0.4) is 0 Å². The Morgan fingerprint density at radius 1 is 1.33 bits per heavy atom. The molecule has 0 saturated carbocycles. The minimum atomic E-state index is -0.151. The van der Waals surface area contributed by atoms with E-state index in [0.717, 1.165) is 6.54 Å². The molecule has 2 aliphatic rings. The predicted octanol–water partition coefficient (Wildman–Crippen LogP) is -0.654. The summed E-state index contributed by atoms with van der Waals surface area (Å²) >= 11 is 0. The topological polar surface area (TPSA) is 69.7 Å². The summed E-state index contributed by atoms with van der Waals surface area (Å²) in [5.41, 5.74) is 0. The van der Waals surface area contributed by atoms with Crippen molar-refractivity contribution < 1.29 is 14.4 Å². The molecule has 18 heavy (non-hydrogen) atoms. The van der Waals surface area contributed by atoms with Gasteiger partial charge in [0.05, 0.1) is 0 Å². The fourth-order valence-electron chi connectivity index (χ4n) is 2.40. The molecular weight excluding hydrogens is 234 g/mol. The number of amides is 3. The Bertz CT molecular complexity index is 354. The zero-order valence-corrected chi connectivity index (χ0v) is 10.6. The van der Waals surface area contributed by atoms with Crippen molar-refractivity contribution in [3.05, 3.63) is 0 Å². The molecule has 2 heterocycles. The van der Waals surface area contributed by atoms with Crippen molar-refractivity contribution in [3.63, 3.8) is 0 Å². The van der Waals surface area contributed by atoms with Crippen LogP contribution in [0.1, 0.15) is 26.2 Å². The van der Waals surface area contributed by atoms with Gasteiger partial charge < -0.3 is 10.2 Å². The van der Waals surface area contributed by atoms with E-state index >= 15 is 0 Å². The zero-order valence-electron chi connectivity index (χ0n) is 10.6. The highest BCUT2D eigenvalue weighted by Gasteiger charge is 2.29. The van der Waals surface area contributed by atoms with Gasteiger partial charge in [-0.05, 0) is 6.92 Å². The number of hydrogen-bond donors (Lipinski definition) is 1. The summed E-state index contributed by atoms with van der Waals surface area (Å²) in [5.74, 6) is -0.279. The number of hydrogen-bond acceptors (Lipinski definition) is 4. The number of imide groups is 1. The number of nitrogens with zero attached hydrogens (tertiary/aromatic N) is 2. The number of nitrogens with one attached hydrogen (secondary N) is 1. The molecule has 1 atom stereocenters. The van der Waals surface area contributed by atoms with E-state index in [-0.39, 0.29) is 43.5 Å². The number of carbonyl (C=O) groups is 3. The molecule has 0 aliphatic carbocycles. The smallest absolute Gasteiger partial charge is 0.229 e. The molecule has 1 unspecified atom stereocenters. The molecule has 2 saturated heterocycles. The maximum absolute atomic E-state index is 12.0. The van der Waals surface area contributed by atoms with Crippen LogP contribution >= 0.6 is 0 Å². The molecule has 2 fully saturated rings. The normalized spacial score (nSPS) is 24.8. The first-order valence-electron chi connectivity index (χ1n) is 6.42. The van der Waals surface area contributed by atoms with Gasteiger partial charge in [0.2, 0.25) is 17.7 Å². The van der Waals surface area contributed by atoms with Gasteiger partial charge in [0.1, 0.15) is 0 Å². The molecule has 0 bridgehead atoms. The maximum Gasteiger partial charge on any atom is 0.229 e. The van der Waals surface area contributed by atoms with Crippen molar-refractivity contribution in [2.75, 3.05) is 26.2 Å². The van der Waals surface area contributed by atoms with Crippen LogP contribution in [0.15, 0.2) is 0 Å². The van der Waals surface area contributed by atoms with Gasteiger partial charge in [-0.15, -0.1) is 0 Å². The first kappa shape index (κ1) is 13.0. The van der Waals surface area contributed by atoms with Crippen LogP contribution < -0.4 is 5.32 Å². The molecule has 100 valence electrons. The van der Waals surface area contributed by atoms with Gasteiger partial charge in [-0.3, -0.25) is 19.3 Å². The van der Waals surface area contributed by atoms with Crippen LogP contribution in [0.2, 0.25) is 0 Å². The third kappa shape index (κ3) is 2.87.